The number of carbonyl (C=O) groups excluding carboxylic acids is 1. The largest absolute Gasteiger partial charge is 0.493 e. The summed E-state index contributed by atoms with van der Waals surface area (Å²) in [5, 5.41) is -0.160. The van der Waals surface area contributed by atoms with Gasteiger partial charge < -0.3 is 28.1 Å². The number of alkyl halides is 3. The fraction of sp³-hybridized carbons (Fsp3) is 0.371. The first-order valence-corrected chi connectivity index (χ1v) is 15.1. The van der Waals surface area contributed by atoms with Crippen molar-refractivity contribution in [3.63, 3.8) is 0 Å². The van der Waals surface area contributed by atoms with Crippen molar-refractivity contribution in [3.8, 4) is 34.5 Å². The molecule has 0 fully saturated rings. The van der Waals surface area contributed by atoms with E-state index < -0.39 is 29.1 Å². The van der Waals surface area contributed by atoms with E-state index in [-0.39, 0.29) is 57.4 Å². The number of hydrogen-bond donors (Lipinski definition) is 0. The van der Waals surface area contributed by atoms with Crippen molar-refractivity contribution in [3.05, 3.63) is 80.7 Å². The molecule has 0 aliphatic heterocycles. The minimum Gasteiger partial charge on any atom is -0.493 e. The Morgan fingerprint density at radius 3 is 2.00 bits per heavy atom. The highest BCUT2D eigenvalue weighted by Crippen LogP contribution is 2.42. The number of rotatable bonds is 13. The van der Waals surface area contributed by atoms with Gasteiger partial charge in [0.25, 0.3) is 5.76 Å². The lowest BCUT2D eigenvalue weighted by Gasteiger charge is -2.23. The number of nitrogens with zero attached hydrogens (tertiary/aromatic N) is 1. The summed E-state index contributed by atoms with van der Waals surface area (Å²) in [7, 11) is 4.20. The maximum absolute atomic E-state index is 14.5. The Hall–Kier alpha value is -4.71. The van der Waals surface area contributed by atoms with Gasteiger partial charge in [-0.15, -0.1) is 0 Å². The molecule has 4 rings (SSSR count). The lowest BCUT2D eigenvalue weighted by Crippen LogP contribution is -2.26. The Balaban J connectivity index is 1.92. The normalized spacial score (nSPS) is 11.6. The van der Waals surface area contributed by atoms with Gasteiger partial charge in [0.15, 0.2) is 11.5 Å². The van der Waals surface area contributed by atoms with Gasteiger partial charge in [0.1, 0.15) is 17.1 Å². The smallest absolute Gasteiger partial charge is 0.453 e. The average Bonchev–Trinajstić information content (AvgIpc) is 3.03. The Bertz CT molecular complexity index is 1780. The summed E-state index contributed by atoms with van der Waals surface area (Å²) in [5.74, 6) is -2.80. The van der Waals surface area contributed by atoms with Gasteiger partial charge in [-0.2, -0.15) is 13.2 Å². The second-order valence-corrected chi connectivity index (χ2v) is 10.9. The van der Waals surface area contributed by atoms with Crippen molar-refractivity contribution in [2.75, 3.05) is 34.4 Å². The van der Waals surface area contributed by atoms with E-state index in [9.17, 15) is 22.8 Å². The third-order valence-corrected chi connectivity index (χ3v) is 7.60. The maximum Gasteiger partial charge on any atom is 0.453 e. The molecule has 9 nitrogen and oxygen atoms in total. The Labute approximate surface area is 270 Å². The minimum absolute atomic E-state index is 0.0269. The number of carbonyl (C=O) groups is 1. The molecular formula is C35H38F3NO8. The van der Waals surface area contributed by atoms with Crippen molar-refractivity contribution < 1.29 is 46.1 Å². The van der Waals surface area contributed by atoms with Crippen LogP contribution in [-0.4, -0.2) is 45.3 Å². The highest BCUT2D eigenvalue weighted by Gasteiger charge is 2.41. The van der Waals surface area contributed by atoms with Crippen molar-refractivity contribution >= 4 is 16.9 Å². The first kappa shape index (κ1) is 35.1. The molecule has 0 saturated heterocycles. The molecular weight excluding hydrogens is 619 g/mol. The van der Waals surface area contributed by atoms with Crippen molar-refractivity contribution in [1.82, 2.24) is 4.90 Å². The van der Waals surface area contributed by atoms with Gasteiger partial charge in [-0.25, -0.2) is 4.79 Å². The molecule has 0 unspecified atom stereocenters. The first-order chi connectivity index (χ1) is 22.4. The van der Waals surface area contributed by atoms with Crippen molar-refractivity contribution in [1.29, 1.82) is 0 Å². The van der Waals surface area contributed by atoms with Gasteiger partial charge in [0.05, 0.1) is 37.8 Å². The predicted octanol–water partition coefficient (Wildman–Crippen LogP) is 8.09. The highest BCUT2D eigenvalue weighted by atomic mass is 19.4. The summed E-state index contributed by atoms with van der Waals surface area (Å²) in [6.45, 7) is 8.78. The van der Waals surface area contributed by atoms with Crippen LogP contribution in [0.15, 0.2) is 51.7 Å². The van der Waals surface area contributed by atoms with E-state index in [2.05, 4.69) is 0 Å². The lowest BCUT2D eigenvalue weighted by molar-refractivity contribution is -0.154. The summed E-state index contributed by atoms with van der Waals surface area (Å²) in [5.41, 5.74) is 0.430. The number of esters is 1. The molecule has 0 radical (unpaired) electrons. The van der Waals surface area contributed by atoms with Crippen LogP contribution in [0.25, 0.3) is 11.0 Å². The molecule has 1 aromatic heterocycles. The van der Waals surface area contributed by atoms with E-state index in [4.69, 9.17) is 28.1 Å². The molecule has 0 bridgehead atoms. The van der Waals surface area contributed by atoms with Gasteiger partial charge in [-0.1, -0.05) is 19.9 Å². The number of fused-ring (bicyclic) bond motifs is 1. The van der Waals surface area contributed by atoms with E-state index in [1.54, 1.807) is 19.1 Å². The summed E-state index contributed by atoms with van der Waals surface area (Å²) in [4.78, 5) is 29.2. The van der Waals surface area contributed by atoms with Crippen LogP contribution in [-0.2, 0) is 12.7 Å². The molecule has 0 spiro atoms. The average molecular weight is 658 g/mol. The first-order valence-electron chi connectivity index (χ1n) is 15.1. The van der Waals surface area contributed by atoms with Crippen LogP contribution in [0.3, 0.4) is 0 Å². The van der Waals surface area contributed by atoms with Gasteiger partial charge >= 0.3 is 12.1 Å². The number of methoxy groups -OCH3 is 3. The molecule has 3 aromatic carbocycles. The van der Waals surface area contributed by atoms with Gasteiger partial charge in [-0.3, -0.25) is 9.69 Å². The minimum atomic E-state index is -5.09. The third kappa shape index (κ3) is 7.65. The highest BCUT2D eigenvalue weighted by molar-refractivity contribution is 5.94. The summed E-state index contributed by atoms with van der Waals surface area (Å²) in [6.07, 6.45) is -3.59. The van der Waals surface area contributed by atoms with Crippen LogP contribution in [0.5, 0.6) is 34.5 Å². The zero-order valence-electron chi connectivity index (χ0n) is 27.4. The molecule has 1 heterocycles. The fourth-order valence-electron chi connectivity index (χ4n) is 5.18. The third-order valence-electron chi connectivity index (χ3n) is 7.60. The summed E-state index contributed by atoms with van der Waals surface area (Å²) in [6, 6.07) is 10.1. The van der Waals surface area contributed by atoms with Crippen LogP contribution in [0, 0.1) is 13.8 Å². The number of aryl methyl sites for hydroxylation is 2. The standard InChI is InChI=1S/C35H38F3NO8/c1-8-14-39(15-9-2)19-25-26(46-34(41)22-17-27(42-5)31(44-7)28(18-22)43-6)13-12-24-29(40)32(33(35(36,37)38)47-30(24)25)45-23-11-10-20(3)21(4)16-23/h10-13,16-18H,8-9,14-15,19H2,1-7H3. The fourth-order valence-corrected chi connectivity index (χ4v) is 5.18. The molecule has 0 atom stereocenters. The van der Waals surface area contributed by atoms with Crippen LogP contribution < -0.4 is 29.1 Å². The van der Waals surface area contributed by atoms with E-state index in [1.165, 1.54) is 51.7 Å². The SMILES string of the molecule is CCCN(CCC)Cc1c(OC(=O)c2cc(OC)c(OC)c(OC)c2)ccc2c(=O)c(Oc3ccc(C)c(C)c3)c(C(F)(F)F)oc12. The van der Waals surface area contributed by atoms with Gasteiger partial charge in [0.2, 0.25) is 16.9 Å². The van der Waals surface area contributed by atoms with Crippen LogP contribution in [0.1, 0.15) is 59.5 Å². The number of benzene rings is 3. The molecule has 0 N–H and O–H groups in total. The second-order valence-electron chi connectivity index (χ2n) is 10.9. The van der Waals surface area contributed by atoms with E-state index in [0.29, 0.717) is 13.1 Å². The van der Waals surface area contributed by atoms with Crippen LogP contribution in [0.2, 0.25) is 0 Å². The number of hydrogen-bond acceptors (Lipinski definition) is 9. The Morgan fingerprint density at radius 2 is 1.47 bits per heavy atom. The topological polar surface area (TPSA) is 96.7 Å². The zero-order chi connectivity index (χ0) is 34.5. The van der Waals surface area contributed by atoms with Crippen LogP contribution in [0.4, 0.5) is 13.2 Å². The van der Waals surface area contributed by atoms with Gasteiger partial charge in [-0.05, 0) is 87.3 Å². The quantitative estimate of drug-likeness (QED) is 0.104. The summed E-state index contributed by atoms with van der Waals surface area (Å²) < 4.78 is 76.5. The molecule has 252 valence electrons. The maximum atomic E-state index is 14.5. The lowest BCUT2D eigenvalue weighted by atomic mass is 10.1. The molecule has 0 saturated carbocycles. The predicted molar refractivity (Wildman–Crippen MR) is 170 cm³/mol. The van der Waals surface area contributed by atoms with Crippen molar-refractivity contribution in [2.24, 2.45) is 0 Å². The Kier molecular flexibility index (Phi) is 11.1. The van der Waals surface area contributed by atoms with E-state index in [1.807, 2.05) is 25.7 Å². The monoisotopic (exact) mass is 657 g/mol. The number of halogens is 3. The molecule has 0 aliphatic carbocycles. The Morgan fingerprint density at radius 1 is 0.830 bits per heavy atom. The zero-order valence-corrected chi connectivity index (χ0v) is 27.4. The van der Waals surface area contributed by atoms with E-state index >= 15 is 0 Å². The molecule has 4 aromatic rings. The molecule has 47 heavy (non-hydrogen) atoms. The van der Waals surface area contributed by atoms with Gasteiger partial charge in [0, 0.05) is 6.54 Å². The van der Waals surface area contributed by atoms with E-state index in [0.717, 1.165) is 24.0 Å². The van der Waals surface area contributed by atoms with Crippen LogP contribution >= 0.6 is 0 Å². The summed E-state index contributed by atoms with van der Waals surface area (Å²) >= 11 is 0. The molecule has 12 heteroatoms. The molecule has 0 aliphatic rings. The molecule has 0 amide bonds. The number of ether oxygens (including phenoxy) is 5. The van der Waals surface area contributed by atoms with Crippen molar-refractivity contribution in [2.45, 2.75) is 53.3 Å². The second kappa shape index (κ2) is 14.8.